The number of halogens is 2. The first kappa shape index (κ1) is 27.5. The molecule has 2 rings (SSSR count). The fourth-order valence-electron chi connectivity index (χ4n) is 2.73. The summed E-state index contributed by atoms with van der Waals surface area (Å²) < 4.78 is 65.5. The summed E-state index contributed by atoms with van der Waals surface area (Å²) in [6.45, 7) is -1.81. The van der Waals surface area contributed by atoms with Gasteiger partial charge in [0.05, 0.1) is 6.61 Å². The summed E-state index contributed by atoms with van der Waals surface area (Å²) in [5, 5.41) is 10.5. The molecule has 2 unspecified atom stereocenters. The largest absolute Gasteiger partial charge is 0.490 e. The van der Waals surface area contributed by atoms with Gasteiger partial charge < -0.3 is 35.2 Å². The highest BCUT2D eigenvalue weighted by Crippen LogP contribution is 2.66. The van der Waals surface area contributed by atoms with E-state index in [0.717, 1.165) is 17.7 Å². The third kappa shape index (κ3) is 6.21. The van der Waals surface area contributed by atoms with Crippen LogP contribution in [-0.2, 0) is 31.6 Å². The summed E-state index contributed by atoms with van der Waals surface area (Å²) in [7, 11) is -17.1. The average Bonchev–Trinajstić information content (AvgIpc) is 2.78. The van der Waals surface area contributed by atoms with Gasteiger partial charge in [0, 0.05) is 6.20 Å². The Morgan fingerprint density at radius 3 is 2.38 bits per heavy atom. The van der Waals surface area contributed by atoms with Crippen molar-refractivity contribution in [3.05, 3.63) is 22.7 Å². The lowest BCUT2D eigenvalue weighted by atomic mass is 9.91. The monoisotopic (exact) mass is 547 g/mol. The topological polar surface area (TPSA) is 250 Å². The van der Waals surface area contributed by atoms with E-state index in [1.165, 1.54) is 6.07 Å². The second kappa shape index (κ2) is 9.12. The molecule has 1 aliphatic heterocycles. The number of alkyl halides is 2. The molecule has 0 spiro atoms. The van der Waals surface area contributed by atoms with E-state index in [2.05, 4.69) is 18.1 Å². The van der Waals surface area contributed by atoms with Crippen molar-refractivity contribution in [3.63, 3.8) is 0 Å². The quantitative estimate of drug-likeness (QED) is 0.172. The first-order valence-electron chi connectivity index (χ1n) is 8.08. The van der Waals surface area contributed by atoms with Crippen LogP contribution in [0.3, 0.4) is 0 Å². The summed E-state index contributed by atoms with van der Waals surface area (Å²) >= 11 is 6.25. The zero-order chi connectivity index (χ0) is 24.8. The molecule has 0 amide bonds. The van der Waals surface area contributed by atoms with Crippen LogP contribution < -0.4 is 11.4 Å². The van der Waals surface area contributed by atoms with Gasteiger partial charge in [-0.2, -0.15) is 13.6 Å². The molecule has 0 saturated carbocycles. The van der Waals surface area contributed by atoms with Gasteiger partial charge in [-0.1, -0.05) is 0 Å². The van der Waals surface area contributed by atoms with E-state index < -0.39 is 65.2 Å². The first-order valence-corrected chi connectivity index (χ1v) is 13.0. The SMILES string of the molecule is C[C@@]1(Cl)[C@H](O)[C@@](CF)(COP(=O)(O)OP(=O)(O)OP(=O)(O)O)O[C@H]1n1ccc(N)nc1=O. The Labute approximate surface area is 183 Å². The molecule has 16 nitrogen and oxygen atoms in total. The van der Waals surface area contributed by atoms with Gasteiger partial charge in [0.1, 0.15) is 23.5 Å². The van der Waals surface area contributed by atoms with Crippen molar-refractivity contribution in [2.75, 3.05) is 19.0 Å². The molecule has 0 aliphatic carbocycles. The van der Waals surface area contributed by atoms with Gasteiger partial charge >= 0.3 is 29.2 Å². The van der Waals surface area contributed by atoms with Crippen LogP contribution in [0.4, 0.5) is 10.2 Å². The Kier molecular flexibility index (Phi) is 7.83. The van der Waals surface area contributed by atoms with Crippen LogP contribution in [0.25, 0.3) is 0 Å². The van der Waals surface area contributed by atoms with E-state index in [1.807, 2.05) is 0 Å². The van der Waals surface area contributed by atoms with Gasteiger partial charge in [0.2, 0.25) is 0 Å². The predicted octanol–water partition coefficient (Wildman–Crippen LogP) is -0.236. The zero-order valence-electron chi connectivity index (χ0n) is 15.8. The van der Waals surface area contributed by atoms with Crippen LogP contribution in [0.2, 0.25) is 0 Å². The Morgan fingerprint density at radius 1 is 1.28 bits per heavy atom. The molecule has 1 fully saturated rings. The number of phosphoric ester groups is 1. The van der Waals surface area contributed by atoms with Crippen molar-refractivity contribution >= 4 is 40.9 Å². The molecule has 0 aromatic carbocycles. The Hall–Kier alpha value is -0.770. The molecule has 1 saturated heterocycles. The third-order valence-corrected chi connectivity index (χ3v) is 8.26. The summed E-state index contributed by atoms with van der Waals surface area (Å²) in [6.07, 6.45) is -2.53. The summed E-state index contributed by atoms with van der Waals surface area (Å²) in [6, 6.07) is 1.17. The standard InChI is InChI=1S/C11H18ClFN3O13P3/c1-10(12)7(17)11(4-13,27-8(10)16-3-2-6(14)15-9(16)18)5-26-31(22,23)29-32(24,25)28-30(19,20)21/h2-3,7-8,17H,4-5H2,1H3,(H,22,23)(H,24,25)(H2,14,15,18)(H2,19,20,21)/t7-,8+,10+,11+/m0/s1. The maximum atomic E-state index is 13.9. The van der Waals surface area contributed by atoms with Gasteiger partial charge in [0.15, 0.2) is 11.8 Å². The number of nitrogens with two attached hydrogens (primary N) is 1. The molecular formula is C11H18ClFN3O13P3. The molecule has 7 N–H and O–H groups in total. The van der Waals surface area contributed by atoms with E-state index in [4.69, 9.17) is 36.8 Å². The molecule has 1 aliphatic rings. The lowest BCUT2D eigenvalue weighted by Gasteiger charge is -2.30. The van der Waals surface area contributed by atoms with Gasteiger partial charge in [-0.25, -0.2) is 22.9 Å². The van der Waals surface area contributed by atoms with E-state index in [1.54, 1.807) is 0 Å². The molecule has 0 bridgehead atoms. The average molecular weight is 548 g/mol. The van der Waals surface area contributed by atoms with Gasteiger partial charge in [0.25, 0.3) is 0 Å². The highest BCUT2D eigenvalue weighted by molar-refractivity contribution is 7.66. The molecule has 184 valence electrons. The molecule has 1 aromatic rings. The molecule has 32 heavy (non-hydrogen) atoms. The molecule has 2 heterocycles. The van der Waals surface area contributed by atoms with Crippen LogP contribution in [-0.4, -0.2) is 64.1 Å². The van der Waals surface area contributed by atoms with Gasteiger partial charge in [-0.15, -0.1) is 11.6 Å². The van der Waals surface area contributed by atoms with Crippen LogP contribution in [0.5, 0.6) is 0 Å². The molecule has 6 atom stereocenters. The van der Waals surface area contributed by atoms with Crippen LogP contribution >= 0.6 is 35.1 Å². The lowest BCUT2D eigenvalue weighted by molar-refractivity contribution is -0.135. The van der Waals surface area contributed by atoms with Gasteiger partial charge in [-0.05, 0) is 13.0 Å². The Balaban J connectivity index is 2.27. The number of hydrogen-bond donors (Lipinski definition) is 6. The second-order valence-corrected chi connectivity index (χ2v) is 11.9. The fourth-order valence-corrected chi connectivity index (χ4v) is 6.16. The van der Waals surface area contributed by atoms with E-state index in [0.29, 0.717) is 0 Å². The van der Waals surface area contributed by atoms with Crippen LogP contribution in [0.15, 0.2) is 17.1 Å². The fraction of sp³-hybridized carbons (Fsp3) is 0.636. The number of aliphatic hydroxyl groups excluding tert-OH is 1. The van der Waals surface area contributed by atoms with Crippen molar-refractivity contribution in [3.8, 4) is 0 Å². The predicted molar refractivity (Wildman–Crippen MR) is 102 cm³/mol. The van der Waals surface area contributed by atoms with Crippen molar-refractivity contribution in [1.29, 1.82) is 0 Å². The number of phosphoric acid groups is 3. The van der Waals surface area contributed by atoms with Crippen molar-refractivity contribution in [2.45, 2.75) is 29.7 Å². The minimum atomic E-state index is -5.83. The smallest absolute Gasteiger partial charge is 0.388 e. The van der Waals surface area contributed by atoms with Crippen molar-refractivity contribution in [1.82, 2.24) is 9.55 Å². The number of aromatic nitrogens is 2. The van der Waals surface area contributed by atoms with Crippen molar-refractivity contribution < 1.29 is 60.6 Å². The molecular weight excluding hydrogens is 530 g/mol. The van der Waals surface area contributed by atoms with Gasteiger partial charge in [-0.3, -0.25) is 9.09 Å². The number of aliphatic hydroxyl groups is 1. The van der Waals surface area contributed by atoms with Crippen LogP contribution in [0.1, 0.15) is 13.2 Å². The number of ether oxygens (including phenoxy) is 1. The highest BCUT2D eigenvalue weighted by Gasteiger charge is 2.63. The van der Waals surface area contributed by atoms with E-state index in [-0.39, 0.29) is 5.82 Å². The van der Waals surface area contributed by atoms with Crippen LogP contribution in [0, 0.1) is 0 Å². The number of nitrogens with zero attached hydrogens (tertiary/aromatic N) is 2. The van der Waals surface area contributed by atoms with E-state index in [9.17, 15) is 32.9 Å². The maximum absolute atomic E-state index is 13.9. The summed E-state index contributed by atoms with van der Waals surface area (Å²) in [5.74, 6) is -0.162. The number of rotatable bonds is 9. The summed E-state index contributed by atoms with van der Waals surface area (Å²) in [5.41, 5.74) is 1.89. The lowest BCUT2D eigenvalue weighted by Crippen LogP contribution is -2.51. The number of nitrogen functional groups attached to an aromatic ring is 1. The number of anilines is 1. The molecule has 21 heteroatoms. The maximum Gasteiger partial charge on any atom is 0.490 e. The highest BCUT2D eigenvalue weighted by atomic mass is 35.5. The second-order valence-electron chi connectivity index (χ2n) is 6.63. The third-order valence-electron chi connectivity index (χ3n) is 4.08. The molecule has 1 aromatic heterocycles. The first-order chi connectivity index (χ1) is 14.3. The minimum absolute atomic E-state index is 0.162. The minimum Gasteiger partial charge on any atom is -0.388 e. The normalized spacial score (nSPS) is 32.4. The van der Waals surface area contributed by atoms with Crippen molar-refractivity contribution in [2.24, 2.45) is 0 Å². The zero-order valence-corrected chi connectivity index (χ0v) is 19.2. The molecule has 0 radical (unpaired) electrons. The summed E-state index contributed by atoms with van der Waals surface area (Å²) in [4.78, 5) is 49.3. The van der Waals surface area contributed by atoms with E-state index >= 15 is 0 Å². The Bertz CT molecular complexity index is 1070. The Morgan fingerprint density at radius 2 is 1.88 bits per heavy atom. The number of hydrogen-bond acceptors (Lipinski definition) is 11.